The van der Waals surface area contributed by atoms with Gasteiger partial charge in [0.2, 0.25) is 17.7 Å². The molecule has 1 amide bonds. The minimum atomic E-state index is -0.307. The molecule has 38 heavy (non-hydrogen) atoms. The molecule has 1 aliphatic heterocycles. The van der Waals surface area contributed by atoms with E-state index in [0.717, 1.165) is 37.6 Å². The number of pyridine rings is 1. The van der Waals surface area contributed by atoms with Gasteiger partial charge in [0.15, 0.2) is 5.65 Å². The van der Waals surface area contributed by atoms with Crippen molar-refractivity contribution in [3.05, 3.63) is 73.4 Å². The van der Waals surface area contributed by atoms with Crippen molar-refractivity contribution in [2.45, 2.75) is 0 Å². The van der Waals surface area contributed by atoms with Crippen molar-refractivity contribution in [1.29, 1.82) is 0 Å². The number of carbonyl (C=O) groups is 1. The minimum absolute atomic E-state index is 0.307. The summed E-state index contributed by atoms with van der Waals surface area (Å²) in [5, 5.41) is 6.64. The number of nitrogens with zero attached hydrogens (tertiary/aromatic N) is 5. The molecule has 10 heteroatoms. The van der Waals surface area contributed by atoms with Gasteiger partial charge in [-0.15, -0.1) is 0 Å². The Morgan fingerprint density at radius 1 is 1.05 bits per heavy atom. The van der Waals surface area contributed by atoms with Gasteiger partial charge in [0.25, 0.3) is 0 Å². The molecule has 0 radical (unpaired) electrons. The highest BCUT2D eigenvalue weighted by atomic mass is 16.5. The summed E-state index contributed by atoms with van der Waals surface area (Å²) in [6.07, 6.45) is 2.88. The molecule has 5 rings (SSSR count). The Morgan fingerprint density at radius 3 is 2.68 bits per heavy atom. The number of benzene rings is 2. The van der Waals surface area contributed by atoms with E-state index in [1.54, 1.807) is 43.6 Å². The first-order chi connectivity index (χ1) is 18.5. The number of piperazine rings is 1. The lowest BCUT2D eigenvalue weighted by Gasteiger charge is -2.34. The molecule has 0 unspecified atom stereocenters. The summed E-state index contributed by atoms with van der Waals surface area (Å²) in [5.74, 6) is 1.51. The van der Waals surface area contributed by atoms with Crippen molar-refractivity contribution in [2.24, 2.45) is 0 Å². The average Bonchev–Trinajstić information content (AvgIpc) is 2.94. The van der Waals surface area contributed by atoms with Crippen molar-refractivity contribution >= 4 is 40.0 Å². The number of likely N-dealkylation sites (N-methyl/N-ethyl adjacent to an activating group) is 1. The zero-order valence-corrected chi connectivity index (χ0v) is 21.3. The summed E-state index contributed by atoms with van der Waals surface area (Å²) in [4.78, 5) is 30.0. The fourth-order valence-corrected chi connectivity index (χ4v) is 4.18. The van der Waals surface area contributed by atoms with Crippen LogP contribution in [0.4, 0.5) is 23.0 Å². The number of carbonyl (C=O) groups excluding carboxylic acids is 1. The van der Waals surface area contributed by atoms with Crippen LogP contribution in [0.1, 0.15) is 0 Å². The van der Waals surface area contributed by atoms with Gasteiger partial charge in [-0.25, -0.2) is 4.98 Å². The van der Waals surface area contributed by atoms with Crippen molar-refractivity contribution in [3.63, 3.8) is 0 Å². The molecule has 4 aromatic rings. The first-order valence-electron chi connectivity index (χ1n) is 12.2. The zero-order valence-electron chi connectivity index (χ0n) is 21.3. The SMILES string of the molecule is C=CC(=O)Nc1cccc(Oc2nc(Nc3ccc(N4CCN(C)CC4)cc3OC)nc3ncccc23)c1. The molecule has 0 saturated carbocycles. The summed E-state index contributed by atoms with van der Waals surface area (Å²) in [6, 6.07) is 16.7. The van der Waals surface area contributed by atoms with E-state index in [1.165, 1.54) is 6.08 Å². The molecule has 1 fully saturated rings. The Bertz CT molecular complexity index is 1470. The van der Waals surface area contributed by atoms with Crippen LogP contribution >= 0.6 is 0 Å². The molecule has 2 aromatic heterocycles. The average molecular weight is 512 g/mol. The van der Waals surface area contributed by atoms with E-state index in [-0.39, 0.29) is 5.91 Å². The normalized spacial score (nSPS) is 13.7. The van der Waals surface area contributed by atoms with Crippen molar-refractivity contribution < 1.29 is 14.3 Å². The van der Waals surface area contributed by atoms with E-state index in [9.17, 15) is 4.79 Å². The van der Waals surface area contributed by atoms with Gasteiger partial charge in [-0.1, -0.05) is 12.6 Å². The molecule has 0 bridgehead atoms. The second-order valence-corrected chi connectivity index (χ2v) is 8.85. The number of amides is 1. The van der Waals surface area contributed by atoms with Gasteiger partial charge in [0.05, 0.1) is 18.2 Å². The molecule has 1 aliphatic rings. The van der Waals surface area contributed by atoms with Gasteiger partial charge in [0.1, 0.15) is 11.5 Å². The fourth-order valence-electron chi connectivity index (χ4n) is 4.18. The molecule has 0 spiro atoms. The third kappa shape index (κ3) is 5.65. The number of hydrogen-bond donors (Lipinski definition) is 2. The zero-order chi connectivity index (χ0) is 26.5. The first kappa shape index (κ1) is 25.0. The lowest BCUT2D eigenvalue weighted by molar-refractivity contribution is -0.111. The van der Waals surface area contributed by atoms with Crippen molar-refractivity contribution in [2.75, 3.05) is 55.9 Å². The smallest absolute Gasteiger partial charge is 0.247 e. The van der Waals surface area contributed by atoms with E-state index in [0.29, 0.717) is 40.0 Å². The Kier molecular flexibility index (Phi) is 7.32. The summed E-state index contributed by atoms with van der Waals surface area (Å²) in [7, 11) is 3.78. The fraction of sp³-hybridized carbons (Fsp3) is 0.214. The van der Waals surface area contributed by atoms with Crippen LogP contribution < -0.4 is 25.0 Å². The van der Waals surface area contributed by atoms with Gasteiger partial charge in [0, 0.05) is 55.9 Å². The third-order valence-corrected chi connectivity index (χ3v) is 6.24. The Labute approximate surface area is 220 Å². The molecule has 3 heterocycles. The van der Waals surface area contributed by atoms with Gasteiger partial charge >= 0.3 is 0 Å². The monoisotopic (exact) mass is 511 g/mol. The molecule has 2 aromatic carbocycles. The number of anilines is 4. The molecular formula is C28H29N7O3. The number of aromatic nitrogens is 3. The van der Waals surface area contributed by atoms with Gasteiger partial charge in [-0.05, 0) is 49.5 Å². The highest BCUT2D eigenvalue weighted by Gasteiger charge is 2.17. The summed E-state index contributed by atoms with van der Waals surface area (Å²) >= 11 is 0. The second-order valence-electron chi connectivity index (χ2n) is 8.85. The lowest BCUT2D eigenvalue weighted by Crippen LogP contribution is -2.44. The molecule has 0 atom stereocenters. The molecule has 1 saturated heterocycles. The number of ether oxygens (including phenoxy) is 2. The minimum Gasteiger partial charge on any atom is -0.494 e. The van der Waals surface area contributed by atoms with Crippen LogP contribution in [0, 0.1) is 0 Å². The van der Waals surface area contributed by atoms with E-state index >= 15 is 0 Å². The van der Waals surface area contributed by atoms with E-state index < -0.39 is 0 Å². The maximum atomic E-state index is 11.7. The Morgan fingerprint density at radius 2 is 1.89 bits per heavy atom. The predicted octanol–water partition coefficient (Wildman–Crippen LogP) is 4.45. The van der Waals surface area contributed by atoms with Gasteiger partial charge < -0.3 is 29.9 Å². The van der Waals surface area contributed by atoms with Gasteiger partial charge in [-0.3, -0.25) is 4.79 Å². The lowest BCUT2D eigenvalue weighted by atomic mass is 10.2. The van der Waals surface area contributed by atoms with E-state index in [1.807, 2.05) is 18.2 Å². The summed E-state index contributed by atoms with van der Waals surface area (Å²) in [6.45, 7) is 7.45. The third-order valence-electron chi connectivity index (χ3n) is 6.24. The molecule has 194 valence electrons. The number of nitrogens with one attached hydrogen (secondary N) is 2. The van der Waals surface area contributed by atoms with Crippen LogP contribution in [-0.2, 0) is 4.79 Å². The molecule has 10 nitrogen and oxygen atoms in total. The quantitative estimate of drug-likeness (QED) is 0.332. The predicted molar refractivity (Wildman–Crippen MR) is 149 cm³/mol. The Balaban J connectivity index is 1.43. The van der Waals surface area contributed by atoms with Crippen LogP contribution in [0.3, 0.4) is 0 Å². The van der Waals surface area contributed by atoms with Crippen LogP contribution in [0.5, 0.6) is 17.4 Å². The highest BCUT2D eigenvalue weighted by Crippen LogP contribution is 2.34. The highest BCUT2D eigenvalue weighted by molar-refractivity contribution is 5.99. The van der Waals surface area contributed by atoms with Crippen molar-refractivity contribution in [3.8, 4) is 17.4 Å². The van der Waals surface area contributed by atoms with E-state index in [2.05, 4.69) is 55.1 Å². The summed E-state index contributed by atoms with van der Waals surface area (Å²) in [5.41, 5.74) is 2.88. The molecular weight excluding hydrogens is 482 g/mol. The molecule has 2 N–H and O–H groups in total. The largest absolute Gasteiger partial charge is 0.494 e. The van der Waals surface area contributed by atoms with Crippen LogP contribution in [0.15, 0.2) is 73.4 Å². The Hall–Kier alpha value is -4.70. The second kappa shape index (κ2) is 11.1. The maximum absolute atomic E-state index is 11.7. The van der Waals surface area contributed by atoms with Crippen LogP contribution in [-0.4, -0.2) is 66.1 Å². The number of methoxy groups -OCH3 is 1. The molecule has 0 aliphatic carbocycles. The van der Waals surface area contributed by atoms with Crippen LogP contribution in [0.2, 0.25) is 0 Å². The van der Waals surface area contributed by atoms with Crippen LogP contribution in [0.25, 0.3) is 11.0 Å². The van der Waals surface area contributed by atoms with Gasteiger partial charge in [-0.2, -0.15) is 9.97 Å². The van der Waals surface area contributed by atoms with Crippen molar-refractivity contribution in [1.82, 2.24) is 19.9 Å². The topological polar surface area (TPSA) is 105 Å². The number of fused-ring (bicyclic) bond motifs is 1. The number of hydrogen-bond acceptors (Lipinski definition) is 9. The first-order valence-corrected chi connectivity index (χ1v) is 12.2. The summed E-state index contributed by atoms with van der Waals surface area (Å²) < 4.78 is 11.8. The van der Waals surface area contributed by atoms with E-state index in [4.69, 9.17) is 9.47 Å². The maximum Gasteiger partial charge on any atom is 0.247 e. The number of rotatable bonds is 8. The standard InChI is InChI=1S/C28H29N7O3/c1-4-25(36)30-19-7-5-8-21(17-19)38-27-22-9-6-12-29-26(22)32-28(33-27)31-23-11-10-20(18-24(23)37-3)35-15-13-34(2)14-16-35/h4-12,17-18H,1,13-16H2,2-3H3,(H,30,36)(H,29,31,32,33).